The summed E-state index contributed by atoms with van der Waals surface area (Å²) < 4.78 is 0. The van der Waals surface area contributed by atoms with Gasteiger partial charge in [0.05, 0.1) is 11.1 Å². The van der Waals surface area contributed by atoms with E-state index in [1.54, 1.807) is 0 Å². The van der Waals surface area contributed by atoms with Gasteiger partial charge < -0.3 is 14.7 Å². The second-order valence-electron chi connectivity index (χ2n) is 21.3. The van der Waals surface area contributed by atoms with Crippen LogP contribution in [-0.2, 0) is 5.41 Å². The summed E-state index contributed by atoms with van der Waals surface area (Å²) in [4.78, 5) is 7.07. The van der Waals surface area contributed by atoms with E-state index in [0.29, 0.717) is 0 Å². The van der Waals surface area contributed by atoms with Crippen molar-refractivity contribution in [2.24, 2.45) is 0 Å². The topological polar surface area (TPSA) is 9.72 Å². The second kappa shape index (κ2) is 22.9. The highest BCUT2D eigenvalue weighted by Crippen LogP contribution is 2.47. The molecule has 0 aliphatic rings. The van der Waals surface area contributed by atoms with Gasteiger partial charge in [0.25, 0.3) is 0 Å². The number of fused-ring (bicyclic) bond motifs is 2. The van der Waals surface area contributed by atoms with Crippen LogP contribution in [0.1, 0.15) is 22.3 Å². The Hall–Kier alpha value is -11.0. The van der Waals surface area contributed by atoms with Gasteiger partial charge in [0, 0.05) is 50.9 Å². The Kier molecular flexibility index (Phi) is 13.9. The fraction of sp³-hybridized carbons (Fsp3) is 0.0123. The van der Waals surface area contributed by atoms with Crippen LogP contribution in [0.5, 0.6) is 0 Å². The van der Waals surface area contributed by atoms with Gasteiger partial charge in [-0.15, -0.1) is 0 Å². The quantitative estimate of drug-likeness (QED) is 0.0948. The largest absolute Gasteiger partial charge is 0.311 e. The maximum atomic E-state index is 2.38. The number of rotatable bonds is 15. The minimum atomic E-state index is -0.567. The summed E-state index contributed by atoms with van der Waals surface area (Å²) in [7, 11) is 0. The minimum Gasteiger partial charge on any atom is -0.311 e. The Balaban J connectivity index is 0.826. The van der Waals surface area contributed by atoms with Gasteiger partial charge in [-0.3, -0.25) is 0 Å². The van der Waals surface area contributed by atoms with Gasteiger partial charge in [0.1, 0.15) is 0 Å². The molecule has 0 atom stereocenters. The number of nitrogens with zero attached hydrogens (tertiary/aromatic N) is 3. The third-order valence-electron chi connectivity index (χ3n) is 16.4. The molecule has 0 fully saturated rings. The molecule has 0 aliphatic carbocycles. The van der Waals surface area contributed by atoms with E-state index in [9.17, 15) is 0 Å². The normalized spacial score (nSPS) is 11.3. The molecule has 3 nitrogen and oxygen atoms in total. The van der Waals surface area contributed by atoms with Crippen molar-refractivity contribution < 1.29 is 0 Å². The van der Waals surface area contributed by atoms with Gasteiger partial charge in [-0.1, -0.05) is 255 Å². The molecule has 398 valence electrons. The maximum absolute atomic E-state index is 2.38. The molecule has 0 aliphatic heterocycles. The highest BCUT2D eigenvalue weighted by molar-refractivity contribution is 5.99. The standard InChI is InChI=1S/C81H59N3/c1-6-25-67(26-7-1)81(68-27-8-2-9-28-68,69-29-10-3-11-30-69)70-46-57-76(58-47-70)82(73-48-37-61(38-49-73)63-41-52-75(53-42-63)83(71-31-12-4-13-32-71)78-56-45-60-21-16-17-23-66(60)59-78)74-50-39-62(40-51-74)64-43-54-77(55-44-64)84(72-33-14-5-15-34-72)80-36-20-24-65-22-18-19-35-79(65)80/h1-59H. The average molecular weight is 1070 g/mol. The van der Waals surface area contributed by atoms with Crippen molar-refractivity contribution in [1.82, 2.24) is 0 Å². The second-order valence-corrected chi connectivity index (χ2v) is 21.3. The lowest BCUT2D eigenvalue weighted by atomic mass is 9.65. The molecule has 0 N–H and O–H groups in total. The van der Waals surface area contributed by atoms with Crippen molar-refractivity contribution in [3.8, 4) is 22.3 Å². The van der Waals surface area contributed by atoms with Crippen LogP contribution < -0.4 is 14.7 Å². The fourth-order valence-electron chi connectivity index (χ4n) is 12.3. The van der Waals surface area contributed by atoms with E-state index in [-0.39, 0.29) is 0 Å². The monoisotopic (exact) mass is 1070 g/mol. The molecular weight excluding hydrogens is 1010 g/mol. The van der Waals surface area contributed by atoms with Crippen LogP contribution in [0.3, 0.4) is 0 Å². The highest BCUT2D eigenvalue weighted by atomic mass is 15.2. The molecule has 0 spiro atoms. The molecule has 0 amide bonds. The molecule has 0 saturated carbocycles. The van der Waals surface area contributed by atoms with Crippen LogP contribution in [0.15, 0.2) is 358 Å². The lowest BCUT2D eigenvalue weighted by molar-refractivity contribution is 0.745. The zero-order valence-corrected chi connectivity index (χ0v) is 46.4. The molecule has 84 heavy (non-hydrogen) atoms. The first kappa shape index (κ1) is 51.2. The van der Waals surface area contributed by atoms with Crippen molar-refractivity contribution in [2.75, 3.05) is 14.7 Å². The summed E-state index contributed by atoms with van der Waals surface area (Å²) >= 11 is 0. The van der Waals surface area contributed by atoms with Gasteiger partial charge in [0.15, 0.2) is 0 Å². The van der Waals surface area contributed by atoms with Crippen molar-refractivity contribution in [1.29, 1.82) is 0 Å². The van der Waals surface area contributed by atoms with Crippen LogP contribution in [-0.4, -0.2) is 0 Å². The van der Waals surface area contributed by atoms with Crippen LogP contribution >= 0.6 is 0 Å². The number of hydrogen-bond acceptors (Lipinski definition) is 3. The Morgan fingerprint density at radius 1 is 0.179 bits per heavy atom. The van der Waals surface area contributed by atoms with Gasteiger partial charge >= 0.3 is 0 Å². The zero-order chi connectivity index (χ0) is 56.1. The molecule has 3 heteroatoms. The summed E-state index contributed by atoms with van der Waals surface area (Å²) in [5.41, 5.74) is 18.7. The average Bonchev–Trinajstić information content (AvgIpc) is 3.70. The predicted molar refractivity (Wildman–Crippen MR) is 355 cm³/mol. The molecule has 0 unspecified atom stereocenters. The summed E-state index contributed by atoms with van der Waals surface area (Å²) in [6.07, 6.45) is 0. The summed E-state index contributed by atoms with van der Waals surface area (Å²) in [6, 6.07) is 130. The van der Waals surface area contributed by atoms with E-state index in [1.807, 2.05) is 0 Å². The van der Waals surface area contributed by atoms with E-state index in [4.69, 9.17) is 0 Å². The lowest BCUT2D eigenvalue weighted by Crippen LogP contribution is -2.31. The first-order chi connectivity index (χ1) is 41.7. The third-order valence-corrected chi connectivity index (χ3v) is 16.4. The summed E-state index contributed by atoms with van der Waals surface area (Å²) in [5.74, 6) is 0. The summed E-state index contributed by atoms with van der Waals surface area (Å²) in [6.45, 7) is 0. The molecule has 14 aromatic rings. The van der Waals surface area contributed by atoms with Crippen molar-refractivity contribution in [3.05, 3.63) is 380 Å². The molecule has 14 rings (SSSR count). The van der Waals surface area contributed by atoms with Crippen molar-refractivity contribution in [2.45, 2.75) is 5.41 Å². The SMILES string of the molecule is c1ccc(N(c2ccc(-c3ccc(N(c4ccc(-c5ccc(N(c6ccccc6)c6cccc7ccccc67)cc5)cc4)c4ccc(C(c5ccccc5)(c5ccccc5)c5ccccc5)cc4)cc3)cc2)c2ccc3ccccc3c2)cc1. The third kappa shape index (κ3) is 9.84. The van der Waals surface area contributed by atoms with Crippen LogP contribution in [0.2, 0.25) is 0 Å². The van der Waals surface area contributed by atoms with Crippen molar-refractivity contribution >= 4 is 72.7 Å². The van der Waals surface area contributed by atoms with E-state index in [0.717, 1.165) is 73.4 Å². The van der Waals surface area contributed by atoms with Gasteiger partial charge in [-0.05, 0) is 164 Å². The van der Waals surface area contributed by atoms with E-state index >= 15 is 0 Å². The predicted octanol–water partition coefficient (Wildman–Crippen LogP) is 22.1. The molecular formula is C81H59N3. The van der Waals surface area contributed by atoms with Crippen molar-refractivity contribution in [3.63, 3.8) is 0 Å². The first-order valence-electron chi connectivity index (χ1n) is 28.8. The van der Waals surface area contributed by atoms with Crippen LogP contribution in [0.25, 0.3) is 43.8 Å². The van der Waals surface area contributed by atoms with Gasteiger partial charge in [-0.2, -0.15) is 0 Å². The number of hydrogen-bond donors (Lipinski definition) is 0. The first-order valence-corrected chi connectivity index (χ1v) is 28.8. The Morgan fingerprint density at radius 3 is 0.929 bits per heavy atom. The van der Waals surface area contributed by atoms with E-state index in [2.05, 4.69) is 373 Å². The molecule has 0 heterocycles. The zero-order valence-electron chi connectivity index (χ0n) is 46.4. The van der Waals surface area contributed by atoms with Gasteiger partial charge in [-0.25, -0.2) is 0 Å². The Labute approximate surface area is 492 Å². The maximum Gasteiger partial charge on any atom is 0.0701 e. The molecule has 0 aromatic heterocycles. The van der Waals surface area contributed by atoms with E-state index < -0.39 is 5.41 Å². The fourth-order valence-corrected chi connectivity index (χ4v) is 12.3. The molecule has 0 bridgehead atoms. The van der Waals surface area contributed by atoms with E-state index in [1.165, 1.54) is 43.8 Å². The Bertz CT molecular complexity index is 4380. The Morgan fingerprint density at radius 2 is 0.476 bits per heavy atom. The number of anilines is 9. The lowest BCUT2D eigenvalue weighted by Gasteiger charge is -2.37. The summed E-state index contributed by atoms with van der Waals surface area (Å²) in [5, 5.41) is 4.85. The molecule has 0 saturated heterocycles. The van der Waals surface area contributed by atoms with Crippen LogP contribution in [0, 0.1) is 0 Å². The van der Waals surface area contributed by atoms with Gasteiger partial charge in [0.2, 0.25) is 0 Å². The minimum absolute atomic E-state index is 0.567. The number of benzene rings is 14. The van der Waals surface area contributed by atoms with Crippen LogP contribution in [0.4, 0.5) is 51.2 Å². The number of para-hydroxylation sites is 2. The molecule has 0 radical (unpaired) electrons. The molecule has 14 aromatic carbocycles. The smallest absolute Gasteiger partial charge is 0.0701 e. The highest BCUT2D eigenvalue weighted by Gasteiger charge is 2.38.